The minimum atomic E-state index is -0.453. The van der Waals surface area contributed by atoms with Gasteiger partial charge in [-0.3, -0.25) is 15.1 Å². The summed E-state index contributed by atoms with van der Waals surface area (Å²) in [5, 5.41) is 9.21. The van der Waals surface area contributed by atoms with Crippen LogP contribution in [-0.4, -0.2) is 35.6 Å². The van der Waals surface area contributed by atoms with Gasteiger partial charge in [0.15, 0.2) is 5.76 Å². The molecule has 1 amide bonds. The number of nitrogens with zero attached hydrogens (tertiary/aromatic N) is 1. The summed E-state index contributed by atoms with van der Waals surface area (Å²) < 4.78 is 5.04. The van der Waals surface area contributed by atoms with E-state index in [0.717, 1.165) is 5.56 Å². The third-order valence-corrected chi connectivity index (χ3v) is 2.10. The number of nitrogens with one attached hydrogen (secondary N) is 1. The number of hydrogen-bond donors (Lipinski definition) is 3. The molecule has 0 aliphatic heterocycles. The number of aliphatic hydroxyl groups is 1. The molecule has 0 bridgehead atoms. The highest BCUT2D eigenvalue weighted by Crippen LogP contribution is 2.12. The van der Waals surface area contributed by atoms with Gasteiger partial charge in [-0.1, -0.05) is 0 Å². The lowest BCUT2D eigenvalue weighted by atomic mass is 10.2. The van der Waals surface area contributed by atoms with Crippen LogP contribution in [0.25, 0.3) is 0 Å². The first-order valence-corrected chi connectivity index (χ1v) is 4.98. The number of hydrogen-bond acceptors (Lipinski definition) is 5. The minimum absolute atomic E-state index is 0.208. The second-order valence-corrected chi connectivity index (χ2v) is 3.79. The number of nitrogen functional groups attached to an aromatic ring is 1. The van der Waals surface area contributed by atoms with E-state index in [9.17, 15) is 9.90 Å². The maximum Gasteiger partial charge on any atom is 0.301 e. The standard InChI is InChI=1S/C10H17N3O3/c1-7(14)5-13(2)6-8-3-4-16-9(8)10(15)12-11/h3-4,7,14H,5-6,11H2,1-2H3,(H,12,15). The number of likely N-dealkylation sites (N-methyl/N-ethyl adjacent to an activating group) is 1. The number of carbonyl (C=O) groups is 1. The van der Waals surface area contributed by atoms with E-state index in [4.69, 9.17) is 10.3 Å². The normalized spacial score (nSPS) is 12.8. The van der Waals surface area contributed by atoms with Crippen LogP contribution in [0.4, 0.5) is 0 Å². The molecule has 1 aromatic rings. The summed E-state index contributed by atoms with van der Waals surface area (Å²) in [4.78, 5) is 13.2. The van der Waals surface area contributed by atoms with E-state index in [1.807, 2.05) is 17.4 Å². The third-order valence-electron chi connectivity index (χ3n) is 2.10. The molecule has 0 aromatic carbocycles. The van der Waals surface area contributed by atoms with Gasteiger partial charge in [-0.25, -0.2) is 5.84 Å². The van der Waals surface area contributed by atoms with Crippen molar-refractivity contribution in [2.24, 2.45) is 5.84 Å². The Morgan fingerprint density at radius 2 is 2.44 bits per heavy atom. The highest BCUT2D eigenvalue weighted by Gasteiger charge is 2.15. The van der Waals surface area contributed by atoms with Crippen molar-refractivity contribution in [2.45, 2.75) is 19.6 Å². The molecule has 0 saturated carbocycles. The molecule has 0 radical (unpaired) electrons. The van der Waals surface area contributed by atoms with Gasteiger partial charge in [0, 0.05) is 18.7 Å². The molecule has 6 heteroatoms. The van der Waals surface area contributed by atoms with Gasteiger partial charge in [-0.05, 0) is 20.0 Å². The van der Waals surface area contributed by atoms with Crippen molar-refractivity contribution in [1.29, 1.82) is 0 Å². The summed E-state index contributed by atoms with van der Waals surface area (Å²) in [6.07, 6.45) is 1.03. The smallest absolute Gasteiger partial charge is 0.301 e. The Bertz CT molecular complexity index is 349. The molecule has 0 aliphatic rings. The van der Waals surface area contributed by atoms with E-state index in [2.05, 4.69) is 0 Å². The summed E-state index contributed by atoms with van der Waals surface area (Å²) in [6, 6.07) is 1.71. The van der Waals surface area contributed by atoms with E-state index in [-0.39, 0.29) is 5.76 Å². The molecule has 0 aliphatic carbocycles. The fraction of sp³-hybridized carbons (Fsp3) is 0.500. The van der Waals surface area contributed by atoms with Gasteiger partial charge in [0.1, 0.15) is 0 Å². The van der Waals surface area contributed by atoms with Gasteiger partial charge >= 0.3 is 5.91 Å². The number of nitrogens with two attached hydrogens (primary N) is 1. The monoisotopic (exact) mass is 227 g/mol. The molecule has 1 aromatic heterocycles. The molecule has 4 N–H and O–H groups in total. The minimum Gasteiger partial charge on any atom is -0.459 e. The SMILES string of the molecule is CC(O)CN(C)Cc1ccoc1C(=O)NN. The van der Waals surface area contributed by atoms with Gasteiger partial charge in [-0.15, -0.1) is 0 Å². The molecule has 16 heavy (non-hydrogen) atoms. The topological polar surface area (TPSA) is 91.7 Å². The van der Waals surface area contributed by atoms with E-state index in [1.54, 1.807) is 13.0 Å². The molecular formula is C10H17N3O3. The van der Waals surface area contributed by atoms with Crippen molar-refractivity contribution in [2.75, 3.05) is 13.6 Å². The lowest BCUT2D eigenvalue weighted by molar-refractivity contribution is 0.0922. The van der Waals surface area contributed by atoms with Crippen molar-refractivity contribution in [3.63, 3.8) is 0 Å². The number of carbonyl (C=O) groups excluding carboxylic acids is 1. The van der Waals surface area contributed by atoms with Gasteiger partial charge in [0.25, 0.3) is 0 Å². The second-order valence-electron chi connectivity index (χ2n) is 3.79. The first-order chi connectivity index (χ1) is 7.54. The van der Waals surface area contributed by atoms with Gasteiger partial charge in [-0.2, -0.15) is 0 Å². The summed E-state index contributed by atoms with van der Waals surface area (Å²) in [6.45, 7) is 2.75. The third kappa shape index (κ3) is 3.34. The number of hydrazine groups is 1. The first-order valence-electron chi connectivity index (χ1n) is 4.98. The van der Waals surface area contributed by atoms with Crippen molar-refractivity contribution in [3.8, 4) is 0 Å². The van der Waals surface area contributed by atoms with E-state index >= 15 is 0 Å². The summed E-state index contributed by atoms with van der Waals surface area (Å²) >= 11 is 0. The maximum atomic E-state index is 11.3. The maximum absolute atomic E-state index is 11.3. The van der Waals surface area contributed by atoms with Crippen LogP contribution in [-0.2, 0) is 6.54 Å². The van der Waals surface area contributed by atoms with Crippen LogP contribution in [0.2, 0.25) is 0 Å². The number of aliphatic hydroxyl groups excluding tert-OH is 1. The Kier molecular flexibility index (Phi) is 4.48. The number of rotatable bonds is 5. The number of amides is 1. The fourth-order valence-corrected chi connectivity index (χ4v) is 1.53. The predicted octanol–water partition coefficient (Wildman–Crippen LogP) is -0.304. The van der Waals surface area contributed by atoms with Gasteiger partial charge in [0.2, 0.25) is 0 Å². The quantitative estimate of drug-likeness (QED) is 0.365. The summed E-state index contributed by atoms with van der Waals surface area (Å²) in [5.74, 6) is 4.79. The Balaban J connectivity index is 2.66. The highest BCUT2D eigenvalue weighted by molar-refractivity contribution is 5.92. The fourth-order valence-electron chi connectivity index (χ4n) is 1.53. The van der Waals surface area contributed by atoms with Crippen molar-refractivity contribution < 1.29 is 14.3 Å². The molecule has 1 atom stereocenters. The molecule has 6 nitrogen and oxygen atoms in total. The highest BCUT2D eigenvalue weighted by atomic mass is 16.3. The van der Waals surface area contributed by atoms with Crippen LogP contribution in [0, 0.1) is 0 Å². The van der Waals surface area contributed by atoms with Gasteiger partial charge < -0.3 is 9.52 Å². The Morgan fingerprint density at radius 3 is 3.00 bits per heavy atom. The molecule has 0 spiro atoms. The average Bonchev–Trinajstić information content (AvgIpc) is 2.63. The number of furan rings is 1. The second kappa shape index (κ2) is 5.64. The molecule has 1 rings (SSSR count). The zero-order chi connectivity index (χ0) is 12.1. The van der Waals surface area contributed by atoms with Crippen LogP contribution in [0.3, 0.4) is 0 Å². The van der Waals surface area contributed by atoms with Crippen LogP contribution >= 0.6 is 0 Å². The van der Waals surface area contributed by atoms with Crippen LogP contribution in [0.15, 0.2) is 16.7 Å². The summed E-state index contributed by atoms with van der Waals surface area (Å²) in [7, 11) is 1.85. The molecule has 1 unspecified atom stereocenters. The Hall–Kier alpha value is -1.37. The molecule has 0 fully saturated rings. The first kappa shape index (κ1) is 12.7. The van der Waals surface area contributed by atoms with Crippen molar-refractivity contribution in [3.05, 3.63) is 23.7 Å². The average molecular weight is 227 g/mol. The van der Waals surface area contributed by atoms with E-state index in [1.165, 1.54) is 6.26 Å². The molecule has 90 valence electrons. The predicted molar refractivity (Wildman–Crippen MR) is 58.4 cm³/mol. The molecule has 1 heterocycles. The zero-order valence-electron chi connectivity index (χ0n) is 9.43. The van der Waals surface area contributed by atoms with E-state index < -0.39 is 12.0 Å². The summed E-state index contributed by atoms with van der Waals surface area (Å²) in [5.41, 5.74) is 2.76. The Labute approximate surface area is 94.0 Å². The van der Waals surface area contributed by atoms with Gasteiger partial charge in [0.05, 0.1) is 12.4 Å². The lowest BCUT2D eigenvalue weighted by Crippen LogP contribution is -2.32. The van der Waals surface area contributed by atoms with Crippen molar-refractivity contribution in [1.82, 2.24) is 10.3 Å². The largest absolute Gasteiger partial charge is 0.459 e. The zero-order valence-corrected chi connectivity index (χ0v) is 9.43. The van der Waals surface area contributed by atoms with Crippen molar-refractivity contribution >= 4 is 5.91 Å². The Morgan fingerprint density at radius 1 is 1.75 bits per heavy atom. The van der Waals surface area contributed by atoms with Crippen LogP contribution < -0.4 is 11.3 Å². The van der Waals surface area contributed by atoms with Crippen LogP contribution in [0.5, 0.6) is 0 Å². The van der Waals surface area contributed by atoms with E-state index in [0.29, 0.717) is 13.1 Å². The lowest BCUT2D eigenvalue weighted by Gasteiger charge is -2.17. The van der Waals surface area contributed by atoms with Crippen LogP contribution in [0.1, 0.15) is 23.0 Å². The molecular weight excluding hydrogens is 210 g/mol. The molecule has 0 saturated heterocycles.